The van der Waals surface area contributed by atoms with Crippen LogP contribution in [0.1, 0.15) is 33.9 Å². The van der Waals surface area contributed by atoms with Gasteiger partial charge >= 0.3 is 5.97 Å². The molecule has 7 heteroatoms. The van der Waals surface area contributed by atoms with Crippen molar-refractivity contribution in [2.24, 2.45) is 0 Å². The average molecular weight is 473 g/mol. The second-order valence-corrected chi connectivity index (χ2v) is 7.81. The van der Waals surface area contributed by atoms with Crippen LogP contribution in [0.25, 0.3) is 6.08 Å². The van der Waals surface area contributed by atoms with Crippen LogP contribution in [0.3, 0.4) is 0 Å². The second-order valence-electron chi connectivity index (χ2n) is 7.81. The lowest BCUT2D eigenvalue weighted by molar-refractivity contribution is -0.146. The zero-order valence-electron chi connectivity index (χ0n) is 19.3. The summed E-state index contributed by atoms with van der Waals surface area (Å²) in [4.78, 5) is 38.1. The number of esters is 1. The molecule has 0 radical (unpaired) electrons. The van der Waals surface area contributed by atoms with Crippen LogP contribution in [-0.2, 0) is 14.3 Å². The monoisotopic (exact) mass is 472 g/mol. The van der Waals surface area contributed by atoms with Crippen molar-refractivity contribution >= 4 is 23.9 Å². The van der Waals surface area contributed by atoms with Crippen LogP contribution in [0.2, 0.25) is 0 Å². The Bertz CT molecular complexity index is 1130. The highest BCUT2D eigenvalue weighted by Crippen LogP contribution is 2.19. The quantitative estimate of drug-likeness (QED) is 0.393. The number of hydrogen-bond donors (Lipinski definition) is 3. The molecule has 0 aliphatic heterocycles. The van der Waals surface area contributed by atoms with E-state index < -0.39 is 36.0 Å². The lowest BCUT2D eigenvalue weighted by atomic mass is 9.99. The molecule has 0 unspecified atom stereocenters. The number of hydrogen-bond acceptors (Lipinski definition) is 5. The molecule has 0 saturated heterocycles. The summed E-state index contributed by atoms with van der Waals surface area (Å²) < 4.78 is 4.82. The van der Waals surface area contributed by atoms with Gasteiger partial charge in [0.2, 0.25) is 0 Å². The predicted molar refractivity (Wildman–Crippen MR) is 133 cm³/mol. The van der Waals surface area contributed by atoms with E-state index in [0.29, 0.717) is 11.1 Å². The van der Waals surface area contributed by atoms with Gasteiger partial charge in [-0.15, -0.1) is 0 Å². The minimum Gasteiger partial charge on any atom is -0.467 e. The molecule has 3 N–H and O–H groups in total. The average Bonchev–Trinajstić information content (AvgIpc) is 2.91. The van der Waals surface area contributed by atoms with E-state index in [-0.39, 0.29) is 6.42 Å². The topological polar surface area (TPSA) is 105 Å². The van der Waals surface area contributed by atoms with E-state index in [1.807, 2.05) is 36.4 Å². The van der Waals surface area contributed by atoms with Crippen molar-refractivity contribution in [3.05, 3.63) is 114 Å². The fourth-order valence-electron chi connectivity index (χ4n) is 3.49. The minimum atomic E-state index is -1.66. The third kappa shape index (κ3) is 7.38. The molecule has 3 rings (SSSR count). The number of amides is 2. The number of benzene rings is 3. The summed E-state index contributed by atoms with van der Waals surface area (Å²) in [5, 5.41) is 16.2. The van der Waals surface area contributed by atoms with E-state index in [2.05, 4.69) is 10.6 Å². The molecule has 3 atom stereocenters. The second kappa shape index (κ2) is 12.9. The molecule has 0 saturated carbocycles. The SMILES string of the molecule is COC(=O)[C@H](C/C=C/c1ccccc1)NC(=O)[C@H](O)[C@@H](NC(=O)c1ccccc1)c1ccccc1. The first-order chi connectivity index (χ1) is 17.0. The van der Waals surface area contributed by atoms with Crippen LogP contribution in [0.5, 0.6) is 0 Å². The Hall–Kier alpha value is -4.23. The van der Waals surface area contributed by atoms with Crippen LogP contribution in [0.4, 0.5) is 0 Å². The Morgan fingerprint density at radius 3 is 2.03 bits per heavy atom. The Labute approximate surface area is 204 Å². The molecular weight excluding hydrogens is 444 g/mol. The van der Waals surface area contributed by atoms with Crippen molar-refractivity contribution in [3.8, 4) is 0 Å². The first-order valence-corrected chi connectivity index (χ1v) is 11.2. The number of carbonyl (C=O) groups excluding carboxylic acids is 3. The van der Waals surface area contributed by atoms with E-state index in [1.54, 1.807) is 66.7 Å². The van der Waals surface area contributed by atoms with Crippen LogP contribution in [-0.4, -0.2) is 42.1 Å². The zero-order chi connectivity index (χ0) is 25.0. The summed E-state index contributed by atoms with van der Waals surface area (Å²) in [5.41, 5.74) is 1.87. The normalized spacial score (nSPS) is 13.4. The van der Waals surface area contributed by atoms with E-state index >= 15 is 0 Å². The van der Waals surface area contributed by atoms with Gasteiger partial charge < -0.3 is 20.5 Å². The largest absolute Gasteiger partial charge is 0.467 e. The van der Waals surface area contributed by atoms with Gasteiger partial charge in [0.05, 0.1) is 13.2 Å². The molecule has 0 aliphatic carbocycles. The molecular formula is C28H28N2O5. The van der Waals surface area contributed by atoms with Crippen molar-refractivity contribution in [3.63, 3.8) is 0 Å². The van der Waals surface area contributed by atoms with E-state index in [4.69, 9.17) is 4.74 Å². The minimum absolute atomic E-state index is 0.159. The van der Waals surface area contributed by atoms with Gasteiger partial charge in [0.15, 0.2) is 6.10 Å². The van der Waals surface area contributed by atoms with Gasteiger partial charge in [0.25, 0.3) is 11.8 Å². The fourth-order valence-corrected chi connectivity index (χ4v) is 3.49. The molecule has 3 aromatic carbocycles. The highest BCUT2D eigenvalue weighted by molar-refractivity contribution is 5.95. The van der Waals surface area contributed by atoms with Gasteiger partial charge in [0, 0.05) is 5.56 Å². The fraction of sp³-hybridized carbons (Fsp3) is 0.179. The number of ether oxygens (including phenoxy) is 1. The number of carbonyl (C=O) groups is 3. The molecule has 180 valence electrons. The number of methoxy groups -OCH3 is 1. The van der Waals surface area contributed by atoms with E-state index in [0.717, 1.165) is 5.56 Å². The summed E-state index contributed by atoms with van der Waals surface area (Å²) in [6.07, 6.45) is 2.07. The van der Waals surface area contributed by atoms with E-state index in [9.17, 15) is 19.5 Å². The zero-order valence-corrected chi connectivity index (χ0v) is 19.3. The standard InChI is InChI=1S/C28H28N2O5/c1-35-28(34)23(19-11-14-20-12-5-2-6-13-20)29-27(33)25(31)24(21-15-7-3-8-16-21)30-26(32)22-17-9-4-10-18-22/h2-18,23-25,31H,19H2,1H3,(H,29,33)(H,30,32)/b14-11+/t23-,24-,25+/m0/s1. The van der Waals surface area contributed by atoms with Crippen molar-refractivity contribution in [2.45, 2.75) is 24.6 Å². The molecule has 0 aromatic heterocycles. The van der Waals surface area contributed by atoms with Crippen LogP contribution >= 0.6 is 0 Å². The third-order valence-corrected chi connectivity index (χ3v) is 5.35. The maximum Gasteiger partial charge on any atom is 0.328 e. The van der Waals surface area contributed by atoms with E-state index in [1.165, 1.54) is 7.11 Å². The van der Waals surface area contributed by atoms with Crippen LogP contribution in [0, 0.1) is 0 Å². The van der Waals surface area contributed by atoms with Crippen molar-refractivity contribution < 1.29 is 24.2 Å². The summed E-state index contributed by atoms with van der Waals surface area (Å²) in [6, 6.07) is 24.6. The lowest BCUT2D eigenvalue weighted by Gasteiger charge is -2.25. The molecule has 0 heterocycles. The Balaban J connectivity index is 1.75. The highest BCUT2D eigenvalue weighted by atomic mass is 16.5. The first kappa shape index (κ1) is 25.4. The molecule has 0 bridgehead atoms. The van der Waals surface area contributed by atoms with Gasteiger partial charge in [-0.2, -0.15) is 0 Å². The molecule has 0 aliphatic rings. The van der Waals surface area contributed by atoms with Gasteiger partial charge in [-0.25, -0.2) is 4.79 Å². The molecule has 0 fully saturated rings. The summed E-state index contributed by atoms with van der Waals surface area (Å²) in [7, 11) is 1.23. The highest BCUT2D eigenvalue weighted by Gasteiger charge is 2.32. The maximum atomic E-state index is 13.0. The third-order valence-electron chi connectivity index (χ3n) is 5.35. The van der Waals surface area contributed by atoms with Gasteiger partial charge in [0.1, 0.15) is 6.04 Å². The molecule has 2 amide bonds. The molecule has 35 heavy (non-hydrogen) atoms. The van der Waals surface area contributed by atoms with Crippen LogP contribution < -0.4 is 10.6 Å². The van der Waals surface area contributed by atoms with Crippen LogP contribution in [0.15, 0.2) is 97.1 Å². The van der Waals surface area contributed by atoms with Gasteiger partial charge in [-0.1, -0.05) is 91.0 Å². The van der Waals surface area contributed by atoms with Crippen molar-refractivity contribution in [1.82, 2.24) is 10.6 Å². The first-order valence-electron chi connectivity index (χ1n) is 11.2. The number of aliphatic hydroxyl groups is 1. The Kier molecular flexibility index (Phi) is 9.33. The molecule has 7 nitrogen and oxygen atoms in total. The molecule has 0 spiro atoms. The number of rotatable bonds is 10. The lowest BCUT2D eigenvalue weighted by Crippen LogP contribution is -2.50. The summed E-state index contributed by atoms with van der Waals surface area (Å²) in [6.45, 7) is 0. The van der Waals surface area contributed by atoms with Crippen molar-refractivity contribution in [2.75, 3.05) is 7.11 Å². The predicted octanol–water partition coefficient (Wildman–Crippen LogP) is 3.28. The van der Waals surface area contributed by atoms with Gasteiger partial charge in [-0.05, 0) is 29.7 Å². The molecule has 3 aromatic rings. The smallest absolute Gasteiger partial charge is 0.328 e. The van der Waals surface area contributed by atoms with Gasteiger partial charge in [-0.3, -0.25) is 9.59 Å². The number of aliphatic hydroxyl groups excluding tert-OH is 1. The Morgan fingerprint density at radius 2 is 1.43 bits per heavy atom. The summed E-state index contributed by atoms with van der Waals surface area (Å²) in [5.74, 6) is -1.90. The maximum absolute atomic E-state index is 13.0. The summed E-state index contributed by atoms with van der Waals surface area (Å²) >= 11 is 0. The number of nitrogens with one attached hydrogen (secondary N) is 2. The van der Waals surface area contributed by atoms with Crippen molar-refractivity contribution in [1.29, 1.82) is 0 Å². The Morgan fingerprint density at radius 1 is 0.857 bits per heavy atom.